The molecule has 3 heterocycles. The molecule has 3 aromatic heterocycles. The summed E-state index contributed by atoms with van der Waals surface area (Å²) in [6.07, 6.45) is 1.61. The number of rotatable bonds is 8. The highest BCUT2D eigenvalue weighted by Gasteiger charge is 2.19. The number of anilines is 1. The molecule has 0 aromatic carbocycles. The van der Waals surface area contributed by atoms with E-state index in [1.807, 2.05) is 24.5 Å². The van der Waals surface area contributed by atoms with E-state index in [0.29, 0.717) is 33.2 Å². The summed E-state index contributed by atoms with van der Waals surface area (Å²) < 4.78 is 12.3. The van der Waals surface area contributed by atoms with Gasteiger partial charge in [0.25, 0.3) is 0 Å². The van der Waals surface area contributed by atoms with Gasteiger partial charge in [-0.15, -0.1) is 10.2 Å². The van der Waals surface area contributed by atoms with Crippen LogP contribution in [0, 0.1) is 13.8 Å². The Bertz CT molecular complexity index is 1020. The summed E-state index contributed by atoms with van der Waals surface area (Å²) in [6.45, 7) is 8.24. The number of nitrogens with one attached hydrogen (secondary N) is 1. The number of furan rings is 1. The van der Waals surface area contributed by atoms with Gasteiger partial charge in [0.2, 0.25) is 5.91 Å². The van der Waals surface area contributed by atoms with Crippen LogP contribution >= 0.6 is 23.1 Å². The molecule has 0 unspecified atom stereocenters. The third-order valence-corrected chi connectivity index (χ3v) is 5.99. The number of aryl methyl sites for hydroxylation is 2. The van der Waals surface area contributed by atoms with Crippen LogP contribution in [0.25, 0.3) is 11.4 Å². The number of esters is 1. The van der Waals surface area contributed by atoms with E-state index in [1.54, 1.807) is 20.1 Å². The van der Waals surface area contributed by atoms with Gasteiger partial charge in [0.1, 0.15) is 10.6 Å². The van der Waals surface area contributed by atoms with Crippen LogP contribution in [0.4, 0.5) is 5.13 Å². The second kappa shape index (κ2) is 9.23. The molecule has 11 heteroatoms. The molecule has 1 amide bonds. The number of amides is 1. The van der Waals surface area contributed by atoms with Gasteiger partial charge in [-0.3, -0.25) is 4.79 Å². The summed E-state index contributed by atoms with van der Waals surface area (Å²) in [5.74, 6) is 0.922. The predicted octanol–water partition coefficient (Wildman–Crippen LogP) is 3.54. The lowest BCUT2D eigenvalue weighted by Crippen LogP contribution is -2.14. The van der Waals surface area contributed by atoms with Crippen LogP contribution < -0.4 is 5.32 Å². The van der Waals surface area contributed by atoms with Crippen LogP contribution in [0.2, 0.25) is 0 Å². The average Bonchev–Trinajstić information content (AvgIpc) is 3.38. The van der Waals surface area contributed by atoms with Crippen LogP contribution in [0.3, 0.4) is 0 Å². The molecule has 0 saturated heterocycles. The van der Waals surface area contributed by atoms with Gasteiger partial charge in [-0.2, -0.15) is 0 Å². The van der Waals surface area contributed by atoms with Gasteiger partial charge < -0.3 is 19.0 Å². The molecular formula is C18H21N5O4S2. The fourth-order valence-corrected chi connectivity index (χ4v) is 4.30. The van der Waals surface area contributed by atoms with E-state index in [4.69, 9.17) is 9.15 Å². The van der Waals surface area contributed by atoms with E-state index in [9.17, 15) is 9.59 Å². The van der Waals surface area contributed by atoms with Crippen LogP contribution in [0.15, 0.2) is 21.9 Å². The van der Waals surface area contributed by atoms with Crippen LogP contribution in [0.5, 0.6) is 0 Å². The highest BCUT2D eigenvalue weighted by Crippen LogP contribution is 2.27. The molecule has 3 rings (SSSR count). The summed E-state index contributed by atoms with van der Waals surface area (Å²) in [6, 6.07) is 1.85. The molecule has 0 bridgehead atoms. The zero-order valence-corrected chi connectivity index (χ0v) is 18.1. The van der Waals surface area contributed by atoms with Crippen LogP contribution in [-0.4, -0.2) is 44.0 Å². The summed E-state index contributed by atoms with van der Waals surface area (Å²) >= 11 is 2.38. The molecule has 29 heavy (non-hydrogen) atoms. The molecule has 154 valence electrons. The zero-order chi connectivity index (χ0) is 21.0. The Morgan fingerprint density at radius 2 is 2.10 bits per heavy atom. The van der Waals surface area contributed by atoms with Crippen molar-refractivity contribution in [2.75, 3.05) is 17.7 Å². The van der Waals surface area contributed by atoms with Crippen molar-refractivity contribution in [1.82, 2.24) is 19.7 Å². The Kier molecular flexibility index (Phi) is 6.70. The third-order valence-electron chi connectivity index (χ3n) is 3.97. The molecule has 0 radical (unpaired) electrons. The summed E-state index contributed by atoms with van der Waals surface area (Å²) in [4.78, 5) is 28.8. The van der Waals surface area contributed by atoms with E-state index >= 15 is 0 Å². The lowest BCUT2D eigenvalue weighted by Gasteiger charge is -2.06. The van der Waals surface area contributed by atoms with Crippen molar-refractivity contribution in [1.29, 1.82) is 0 Å². The number of carbonyl (C=O) groups excluding carboxylic acids is 2. The summed E-state index contributed by atoms with van der Waals surface area (Å²) in [5, 5.41) is 12.2. The molecule has 0 saturated carbocycles. The highest BCUT2D eigenvalue weighted by atomic mass is 32.2. The van der Waals surface area contributed by atoms with Crippen molar-refractivity contribution in [2.45, 2.75) is 39.4 Å². The van der Waals surface area contributed by atoms with E-state index in [-0.39, 0.29) is 18.3 Å². The Hall–Kier alpha value is -2.66. The minimum Gasteiger partial charge on any atom is -0.469 e. The van der Waals surface area contributed by atoms with Crippen molar-refractivity contribution in [3.8, 4) is 11.4 Å². The molecule has 0 aliphatic heterocycles. The highest BCUT2D eigenvalue weighted by molar-refractivity contribution is 7.99. The van der Waals surface area contributed by atoms with Crippen molar-refractivity contribution in [3.63, 3.8) is 0 Å². The Morgan fingerprint density at radius 3 is 2.76 bits per heavy atom. The second-order valence-corrected chi connectivity index (χ2v) is 7.87. The SMILES string of the molecule is CCOC(=O)c1sc(NC(=O)CSc2nnc(-c3ccoc3C)n2CC)nc1C. The number of thioether (sulfide) groups is 1. The average molecular weight is 436 g/mol. The Balaban J connectivity index is 1.65. The van der Waals surface area contributed by atoms with Crippen LogP contribution in [-0.2, 0) is 16.1 Å². The molecular weight excluding hydrogens is 414 g/mol. The van der Waals surface area contributed by atoms with Gasteiger partial charge in [0.05, 0.1) is 29.9 Å². The normalized spacial score (nSPS) is 10.9. The van der Waals surface area contributed by atoms with Gasteiger partial charge in [-0.1, -0.05) is 23.1 Å². The van der Waals surface area contributed by atoms with Gasteiger partial charge in [-0.05, 0) is 33.8 Å². The topological polar surface area (TPSA) is 112 Å². The number of ether oxygens (including phenoxy) is 1. The van der Waals surface area contributed by atoms with E-state index in [2.05, 4.69) is 20.5 Å². The predicted molar refractivity (Wildman–Crippen MR) is 110 cm³/mol. The lowest BCUT2D eigenvalue weighted by atomic mass is 10.2. The first-order valence-corrected chi connectivity index (χ1v) is 10.8. The quantitative estimate of drug-likeness (QED) is 0.422. The molecule has 0 aliphatic carbocycles. The third kappa shape index (κ3) is 4.67. The first-order valence-electron chi connectivity index (χ1n) is 8.99. The minimum atomic E-state index is -0.435. The largest absolute Gasteiger partial charge is 0.469 e. The molecule has 0 atom stereocenters. The van der Waals surface area contributed by atoms with Gasteiger partial charge in [0.15, 0.2) is 16.1 Å². The first-order chi connectivity index (χ1) is 13.9. The maximum Gasteiger partial charge on any atom is 0.350 e. The second-order valence-electron chi connectivity index (χ2n) is 5.93. The van der Waals surface area contributed by atoms with E-state index in [1.165, 1.54) is 11.8 Å². The lowest BCUT2D eigenvalue weighted by molar-refractivity contribution is -0.113. The van der Waals surface area contributed by atoms with E-state index < -0.39 is 5.97 Å². The molecule has 3 aromatic rings. The van der Waals surface area contributed by atoms with Gasteiger partial charge in [0, 0.05) is 6.54 Å². The molecule has 0 aliphatic rings. The Morgan fingerprint density at radius 1 is 1.31 bits per heavy atom. The van der Waals surface area contributed by atoms with Crippen LogP contribution in [0.1, 0.15) is 35.0 Å². The Labute approximate surface area is 175 Å². The molecule has 0 fully saturated rings. The molecule has 1 N–H and O–H groups in total. The molecule has 0 spiro atoms. The standard InChI is InChI=1S/C18H21N5O4S2/c1-5-23-15(12-7-8-27-11(12)4)21-22-18(23)28-9-13(24)20-17-19-10(3)14(29-17)16(25)26-6-2/h7-8H,5-6,9H2,1-4H3,(H,19,20,24). The van der Waals surface area contributed by atoms with Crippen molar-refractivity contribution in [3.05, 3.63) is 28.7 Å². The number of hydrogen-bond acceptors (Lipinski definition) is 9. The monoisotopic (exact) mass is 435 g/mol. The van der Waals surface area contributed by atoms with Gasteiger partial charge >= 0.3 is 5.97 Å². The summed E-state index contributed by atoms with van der Waals surface area (Å²) in [7, 11) is 0. The zero-order valence-electron chi connectivity index (χ0n) is 16.5. The maximum atomic E-state index is 12.3. The number of aromatic nitrogens is 4. The number of hydrogen-bond donors (Lipinski definition) is 1. The van der Waals surface area contributed by atoms with Gasteiger partial charge in [-0.25, -0.2) is 9.78 Å². The number of nitrogens with zero attached hydrogens (tertiary/aromatic N) is 4. The smallest absolute Gasteiger partial charge is 0.350 e. The van der Waals surface area contributed by atoms with E-state index in [0.717, 1.165) is 22.7 Å². The van der Waals surface area contributed by atoms with Crippen molar-refractivity contribution >= 4 is 40.1 Å². The summed E-state index contributed by atoms with van der Waals surface area (Å²) in [5.41, 5.74) is 1.41. The van der Waals surface area contributed by atoms with Crippen molar-refractivity contribution < 1.29 is 18.7 Å². The fourth-order valence-electron chi connectivity index (χ4n) is 2.62. The number of carbonyl (C=O) groups is 2. The first kappa shape index (κ1) is 21.1. The fraction of sp³-hybridized carbons (Fsp3) is 0.389. The number of thiazole rings is 1. The molecule has 9 nitrogen and oxygen atoms in total. The minimum absolute atomic E-state index is 0.135. The maximum absolute atomic E-state index is 12.3. The van der Waals surface area contributed by atoms with Crippen molar-refractivity contribution in [2.24, 2.45) is 0 Å².